The third-order valence-electron chi connectivity index (χ3n) is 6.36. The number of nitrogens with one attached hydrogen (secondary N) is 2. The quantitative estimate of drug-likeness (QED) is 0.161. The van der Waals surface area contributed by atoms with Crippen LogP contribution >= 0.6 is 0 Å². The van der Waals surface area contributed by atoms with Crippen molar-refractivity contribution < 1.29 is 54.2 Å². The van der Waals surface area contributed by atoms with E-state index in [0.717, 1.165) is 0 Å². The fraction of sp³-hybridized carbons (Fsp3) is 0.111. The number of carbonyl (C=O) groups is 2. The van der Waals surface area contributed by atoms with E-state index in [1.165, 1.54) is 66.9 Å². The van der Waals surface area contributed by atoms with Crippen LogP contribution in [0.3, 0.4) is 0 Å². The summed E-state index contributed by atoms with van der Waals surface area (Å²) in [6.07, 6.45) is -5.07. The molecule has 0 bridgehead atoms. The van der Waals surface area contributed by atoms with Gasteiger partial charge in [-0.3, -0.25) is 9.78 Å². The monoisotopic (exact) mass is 677 g/mol. The predicted molar refractivity (Wildman–Crippen MR) is 137 cm³/mol. The number of anilines is 1. The van der Waals surface area contributed by atoms with Crippen LogP contribution in [0.1, 0.15) is 17.5 Å². The maximum atomic E-state index is 14.8. The van der Waals surface area contributed by atoms with E-state index >= 15 is 0 Å². The molecule has 1 aromatic heterocycles. The van der Waals surface area contributed by atoms with E-state index in [1.54, 1.807) is 18.2 Å². The molecule has 1 aliphatic heterocycles. The van der Waals surface area contributed by atoms with Crippen molar-refractivity contribution >= 4 is 34.3 Å². The number of fused-ring (bicyclic) bond motifs is 1. The second-order valence-corrected chi connectivity index (χ2v) is 11.4. The summed E-state index contributed by atoms with van der Waals surface area (Å²) < 4.78 is 50.1. The topological polar surface area (TPSA) is 139 Å². The molecule has 212 valence electrons. The number of nitrogens with zero attached hydrogens (tertiary/aromatic N) is 3. The standard InChI is InChI=1S/C27H19F3IN5O5/c28-27(29,30)26(21-4-1-5-22-20(21)3-2-14-32-22)15-23(34-35-24(26)37)16-6-10-18(11-7-16)33-25(38)41-19-12-8-17(9-13-19)31-36(39)40/h1-14,39H,15H2,(H,33,38)(H,35,37)/q-2. The zero-order chi connectivity index (χ0) is 29.2. The van der Waals surface area contributed by atoms with E-state index in [0.29, 0.717) is 20.3 Å². The van der Waals surface area contributed by atoms with Crippen molar-refractivity contribution in [2.45, 2.75) is 18.0 Å². The number of benzene rings is 3. The van der Waals surface area contributed by atoms with Crippen LogP contribution in [0.5, 0.6) is 5.75 Å². The molecule has 1 unspecified atom stereocenters. The van der Waals surface area contributed by atoms with Gasteiger partial charge in [-0.1, -0.05) is 18.2 Å². The van der Waals surface area contributed by atoms with Crippen LogP contribution in [0.2, 0.25) is 0 Å². The summed E-state index contributed by atoms with van der Waals surface area (Å²) in [5, 5.41) is 26.2. The van der Waals surface area contributed by atoms with Crippen molar-refractivity contribution in [3.63, 3.8) is 0 Å². The van der Waals surface area contributed by atoms with Gasteiger partial charge in [0.15, 0.2) is 5.41 Å². The summed E-state index contributed by atoms with van der Waals surface area (Å²) in [5.74, 6) is -1.09. The minimum atomic E-state index is -4.96. The summed E-state index contributed by atoms with van der Waals surface area (Å²) in [7, 11) is 0. The number of ether oxygens (including phenoxy) is 1. The van der Waals surface area contributed by atoms with Gasteiger partial charge in [-0.2, -0.15) is 18.3 Å². The molecule has 5 rings (SSSR count). The molecule has 0 fully saturated rings. The molecule has 0 saturated carbocycles. The molecule has 3 N–H and O–H groups in total. The van der Waals surface area contributed by atoms with Crippen molar-refractivity contribution in [1.29, 1.82) is 0 Å². The molecule has 4 aromatic rings. The van der Waals surface area contributed by atoms with Gasteiger partial charge in [-0.05, 0) is 17.7 Å². The number of hydrogen-bond donors (Lipinski definition) is 3. The molecule has 0 saturated heterocycles. The summed E-state index contributed by atoms with van der Waals surface area (Å²) in [6, 6.07) is 19.2. The molecule has 14 heteroatoms. The van der Waals surface area contributed by atoms with Crippen LogP contribution in [0.15, 0.2) is 90.2 Å². The second-order valence-electron chi connectivity index (χ2n) is 8.81. The van der Waals surface area contributed by atoms with Crippen molar-refractivity contribution in [2.24, 2.45) is 5.10 Å². The van der Waals surface area contributed by atoms with Crippen LogP contribution in [-0.2, 0) is 10.2 Å². The zero-order valence-electron chi connectivity index (χ0n) is 20.7. The fourth-order valence-electron chi connectivity index (χ4n) is 4.46. The molecule has 3 aromatic carbocycles. The first-order valence-corrected chi connectivity index (χ1v) is 13.9. The molecular formula is C27H19F3IN5O5-2. The second kappa shape index (κ2) is 11.4. The maximum absolute atomic E-state index is 14.8. The molecule has 0 aliphatic carbocycles. The Morgan fingerprint density at radius 2 is 1.80 bits per heavy atom. The fourth-order valence-corrected chi connectivity index (χ4v) is 5.62. The van der Waals surface area contributed by atoms with Crippen LogP contribution in [0.25, 0.3) is 10.9 Å². The zero-order valence-corrected chi connectivity index (χ0v) is 22.9. The summed E-state index contributed by atoms with van der Waals surface area (Å²) in [4.78, 5) is 29.4. The van der Waals surface area contributed by atoms with E-state index in [-0.39, 0.29) is 25.9 Å². The van der Waals surface area contributed by atoms with Crippen LogP contribution in [0.4, 0.5) is 23.7 Å². The summed E-state index contributed by atoms with van der Waals surface area (Å²) in [5.41, 5.74) is -0.134. The Labute approximate surface area is 241 Å². The minimum absolute atomic E-state index is 0.000583. The van der Waals surface area contributed by atoms with Gasteiger partial charge in [-0.15, -0.1) is 0 Å². The third kappa shape index (κ3) is 5.85. The number of hydrogen-bond acceptors (Lipinski definition) is 8. The number of pyridine rings is 1. The number of amides is 2. The molecule has 1 atom stereocenters. The van der Waals surface area contributed by atoms with Gasteiger partial charge < -0.3 is 0 Å². The van der Waals surface area contributed by atoms with Gasteiger partial charge >= 0.3 is 137 Å². The van der Waals surface area contributed by atoms with Crippen LogP contribution < -0.4 is 37.0 Å². The van der Waals surface area contributed by atoms with E-state index in [2.05, 4.69) is 20.8 Å². The molecular weight excluding hydrogens is 658 g/mol. The first-order valence-electron chi connectivity index (χ1n) is 11.9. The average Bonchev–Trinajstić information content (AvgIpc) is 2.94. The molecule has 41 heavy (non-hydrogen) atoms. The Morgan fingerprint density at radius 1 is 1.07 bits per heavy atom. The SMILES string of the molecule is O=C(Nc1ccc(C2=NNC(=O)C(c3cccc4ncccc34)(C(F)(F)F)C2)cc1)Oc1ccc([I-]N([O-])O)cc1. The third-order valence-corrected chi connectivity index (χ3v) is 8.05. The van der Waals surface area contributed by atoms with Gasteiger partial charge in [0.1, 0.15) is 0 Å². The number of rotatable bonds is 6. The van der Waals surface area contributed by atoms with Gasteiger partial charge in [0.2, 0.25) is 0 Å². The Bertz CT molecular complexity index is 1630. The van der Waals surface area contributed by atoms with Crippen molar-refractivity contribution in [2.75, 3.05) is 5.32 Å². The van der Waals surface area contributed by atoms with E-state index in [4.69, 9.17) is 9.94 Å². The normalized spacial score (nSPS) is 17.3. The van der Waals surface area contributed by atoms with Crippen molar-refractivity contribution in [1.82, 2.24) is 13.8 Å². The Balaban J connectivity index is 1.35. The number of aromatic nitrogens is 1. The van der Waals surface area contributed by atoms with Gasteiger partial charge in [0.25, 0.3) is 5.91 Å². The predicted octanol–water partition coefficient (Wildman–Crippen LogP) is 1.93. The number of hydrazone groups is 1. The van der Waals surface area contributed by atoms with Gasteiger partial charge in [-0.25, -0.2) is 5.43 Å². The number of carbonyl (C=O) groups excluding carboxylic acids is 2. The van der Waals surface area contributed by atoms with Gasteiger partial charge in [0, 0.05) is 18.0 Å². The van der Waals surface area contributed by atoms with E-state index < -0.39 is 51.5 Å². The van der Waals surface area contributed by atoms with E-state index in [1.807, 2.05) is 0 Å². The number of alkyl halides is 3. The summed E-state index contributed by atoms with van der Waals surface area (Å²) >= 11 is -1.27. The molecule has 0 spiro atoms. The Kier molecular flexibility index (Phi) is 7.90. The first-order chi connectivity index (χ1) is 19.6. The number of halogens is 4. The molecule has 0 radical (unpaired) electrons. The van der Waals surface area contributed by atoms with Crippen LogP contribution in [-0.4, -0.2) is 37.5 Å². The molecule has 10 nitrogen and oxygen atoms in total. The van der Waals surface area contributed by atoms with Crippen molar-refractivity contribution in [3.8, 4) is 5.75 Å². The van der Waals surface area contributed by atoms with Crippen molar-refractivity contribution in [3.05, 3.63) is 105 Å². The van der Waals surface area contributed by atoms with Gasteiger partial charge in [0.05, 0.1) is 5.52 Å². The Morgan fingerprint density at radius 3 is 2.49 bits per heavy atom. The molecule has 2 amide bonds. The first kappa shape index (κ1) is 28.4. The summed E-state index contributed by atoms with van der Waals surface area (Å²) in [6.45, 7) is 0. The molecule has 2 heterocycles. The molecule has 1 aliphatic rings. The average molecular weight is 677 g/mol. The Hall–Kier alpha value is -4.12. The van der Waals surface area contributed by atoms with Crippen LogP contribution in [0, 0.1) is 8.78 Å². The van der Waals surface area contributed by atoms with E-state index in [9.17, 15) is 28.0 Å².